The highest BCUT2D eigenvalue weighted by molar-refractivity contribution is 7.80. The molecule has 0 aliphatic heterocycles. The van der Waals surface area contributed by atoms with Crippen molar-refractivity contribution in [1.82, 2.24) is 0 Å². The quantitative estimate of drug-likeness (QED) is 0.417. The molecule has 0 amide bonds. The molecule has 128 valence electrons. The Morgan fingerprint density at radius 2 is 1.16 bits per heavy atom. The molecule has 0 radical (unpaired) electrons. The first-order chi connectivity index (χ1) is 12.0. The first-order valence-corrected chi connectivity index (χ1v) is 9.77. The normalized spacial score (nSPS) is 10.0. The highest BCUT2D eigenvalue weighted by Crippen LogP contribution is 2.37. The van der Waals surface area contributed by atoms with Crippen LogP contribution in [-0.2, 0) is 4.57 Å². The summed E-state index contributed by atoms with van der Waals surface area (Å²) >= 11 is 0. The summed E-state index contributed by atoms with van der Waals surface area (Å²) in [6.45, 7) is 0. The SMILES string of the molecule is O=[P+](O)O.Oc1ccc(O)c(P(c2ccccc2)c2ccccc2)c1. The van der Waals surface area contributed by atoms with Crippen LogP contribution in [0.2, 0.25) is 0 Å². The van der Waals surface area contributed by atoms with Crippen LogP contribution in [0.1, 0.15) is 0 Å². The van der Waals surface area contributed by atoms with E-state index in [1.807, 2.05) is 36.4 Å². The van der Waals surface area contributed by atoms with Gasteiger partial charge in [-0.2, -0.15) is 0 Å². The van der Waals surface area contributed by atoms with Gasteiger partial charge in [0.05, 0.1) is 0 Å². The van der Waals surface area contributed by atoms with Crippen LogP contribution in [0.15, 0.2) is 78.9 Å². The molecular formula is C18H17O5P2+. The lowest BCUT2D eigenvalue weighted by atomic mass is 10.3. The van der Waals surface area contributed by atoms with Crippen molar-refractivity contribution in [1.29, 1.82) is 0 Å². The fourth-order valence-corrected chi connectivity index (χ4v) is 4.63. The zero-order chi connectivity index (χ0) is 18.2. The Labute approximate surface area is 147 Å². The zero-order valence-electron chi connectivity index (χ0n) is 13.1. The van der Waals surface area contributed by atoms with Gasteiger partial charge in [0.1, 0.15) is 11.5 Å². The molecule has 3 rings (SSSR count). The second-order valence-electron chi connectivity index (χ2n) is 4.93. The van der Waals surface area contributed by atoms with Crippen LogP contribution in [0, 0.1) is 0 Å². The van der Waals surface area contributed by atoms with Gasteiger partial charge in [-0.05, 0) is 36.7 Å². The molecular weight excluding hydrogens is 358 g/mol. The van der Waals surface area contributed by atoms with E-state index in [0.717, 1.165) is 15.9 Å². The Bertz CT molecular complexity index is 782. The molecule has 7 heteroatoms. The number of phenolic OH excluding ortho intramolecular Hbond substituents is 2. The number of hydrogen-bond acceptors (Lipinski definition) is 3. The van der Waals surface area contributed by atoms with Crippen LogP contribution in [0.5, 0.6) is 11.5 Å². The molecule has 0 saturated carbocycles. The van der Waals surface area contributed by atoms with Crippen molar-refractivity contribution < 1.29 is 24.6 Å². The number of rotatable bonds is 3. The van der Waals surface area contributed by atoms with Gasteiger partial charge in [0, 0.05) is 9.87 Å². The predicted octanol–water partition coefficient (Wildman–Crippen LogP) is 2.48. The van der Waals surface area contributed by atoms with Crippen molar-refractivity contribution >= 4 is 32.1 Å². The lowest BCUT2D eigenvalue weighted by Gasteiger charge is -2.20. The summed E-state index contributed by atoms with van der Waals surface area (Å²) in [4.78, 5) is 14.2. The monoisotopic (exact) mass is 375 g/mol. The standard InChI is InChI=1S/C18H15O2P.HO3P/c19-14-11-12-17(20)18(13-14)21(15-7-3-1-4-8-15)16-9-5-2-6-10-16;1-4(2)3/h1-13,19-20H;(H-,1,2,3)/p+1. The molecule has 0 saturated heterocycles. The van der Waals surface area contributed by atoms with Gasteiger partial charge in [0.25, 0.3) is 0 Å². The van der Waals surface area contributed by atoms with E-state index in [0.29, 0.717) is 0 Å². The summed E-state index contributed by atoms with van der Waals surface area (Å²) in [5.74, 6) is 0.383. The van der Waals surface area contributed by atoms with Gasteiger partial charge < -0.3 is 10.2 Å². The summed E-state index contributed by atoms with van der Waals surface area (Å²) in [5.41, 5.74) is 0. The molecule has 0 spiro atoms. The topological polar surface area (TPSA) is 98.0 Å². The summed E-state index contributed by atoms with van der Waals surface area (Å²) in [6.07, 6.45) is 0. The molecule has 0 aliphatic carbocycles. The van der Waals surface area contributed by atoms with E-state index in [-0.39, 0.29) is 11.5 Å². The van der Waals surface area contributed by atoms with Crippen LogP contribution < -0.4 is 15.9 Å². The average Bonchev–Trinajstić information content (AvgIpc) is 2.60. The minimum atomic E-state index is -2.87. The number of benzene rings is 3. The van der Waals surface area contributed by atoms with Gasteiger partial charge in [-0.3, -0.25) is 0 Å². The van der Waals surface area contributed by atoms with Crippen molar-refractivity contribution in [2.45, 2.75) is 0 Å². The van der Waals surface area contributed by atoms with Crippen LogP contribution in [0.25, 0.3) is 0 Å². The molecule has 0 bridgehead atoms. The van der Waals surface area contributed by atoms with Crippen LogP contribution >= 0.6 is 16.2 Å². The minimum absolute atomic E-state index is 0.169. The maximum absolute atomic E-state index is 10.2. The van der Waals surface area contributed by atoms with Gasteiger partial charge >= 0.3 is 8.25 Å². The third-order valence-electron chi connectivity index (χ3n) is 3.23. The summed E-state index contributed by atoms with van der Waals surface area (Å²) in [7, 11) is -3.76. The highest BCUT2D eigenvalue weighted by atomic mass is 31.1. The molecule has 0 aliphatic rings. The molecule has 0 aromatic heterocycles. The van der Waals surface area contributed by atoms with Crippen LogP contribution in [-0.4, -0.2) is 20.0 Å². The van der Waals surface area contributed by atoms with E-state index in [1.54, 1.807) is 12.1 Å². The Balaban J connectivity index is 0.000000511. The second-order valence-corrected chi connectivity index (χ2v) is 7.62. The fourth-order valence-electron chi connectivity index (χ4n) is 2.27. The molecule has 0 heterocycles. The van der Waals surface area contributed by atoms with Crippen molar-refractivity contribution in [3.63, 3.8) is 0 Å². The Kier molecular flexibility index (Phi) is 7.05. The summed E-state index contributed by atoms with van der Waals surface area (Å²) < 4.78 is 8.70. The average molecular weight is 375 g/mol. The number of phenols is 2. The van der Waals surface area contributed by atoms with Gasteiger partial charge in [-0.25, -0.2) is 0 Å². The fraction of sp³-hybridized carbons (Fsp3) is 0. The van der Waals surface area contributed by atoms with E-state index in [1.165, 1.54) is 6.07 Å². The lowest BCUT2D eigenvalue weighted by Crippen LogP contribution is -2.20. The smallest absolute Gasteiger partial charge is 0.508 e. The van der Waals surface area contributed by atoms with Crippen LogP contribution in [0.4, 0.5) is 0 Å². The highest BCUT2D eigenvalue weighted by Gasteiger charge is 2.19. The van der Waals surface area contributed by atoms with Gasteiger partial charge in [-0.1, -0.05) is 60.7 Å². The third-order valence-corrected chi connectivity index (χ3v) is 5.70. The zero-order valence-corrected chi connectivity index (χ0v) is 14.9. The van der Waals surface area contributed by atoms with E-state index < -0.39 is 16.2 Å². The predicted molar refractivity (Wildman–Crippen MR) is 101 cm³/mol. The molecule has 0 atom stereocenters. The molecule has 5 nitrogen and oxygen atoms in total. The van der Waals surface area contributed by atoms with E-state index in [2.05, 4.69) is 24.3 Å². The first-order valence-electron chi connectivity index (χ1n) is 7.26. The molecule has 3 aromatic carbocycles. The summed E-state index contributed by atoms with van der Waals surface area (Å²) in [6, 6.07) is 24.9. The van der Waals surface area contributed by atoms with E-state index in [9.17, 15) is 10.2 Å². The van der Waals surface area contributed by atoms with Gasteiger partial charge in [0.2, 0.25) is 0 Å². The maximum Gasteiger partial charge on any atom is 0.692 e. The van der Waals surface area contributed by atoms with Crippen molar-refractivity contribution in [2.24, 2.45) is 0 Å². The van der Waals surface area contributed by atoms with Crippen molar-refractivity contribution in [3.8, 4) is 11.5 Å². The van der Waals surface area contributed by atoms with Crippen molar-refractivity contribution in [3.05, 3.63) is 78.9 Å². The molecule has 0 unspecified atom stereocenters. The Hall–Kier alpha value is -2.29. The molecule has 4 N–H and O–H groups in total. The summed E-state index contributed by atoms with van der Waals surface area (Å²) in [5, 5.41) is 23.1. The largest absolute Gasteiger partial charge is 0.692 e. The Morgan fingerprint density at radius 3 is 1.60 bits per heavy atom. The number of aromatic hydroxyl groups is 2. The number of hydrogen-bond donors (Lipinski definition) is 4. The van der Waals surface area contributed by atoms with E-state index >= 15 is 0 Å². The minimum Gasteiger partial charge on any atom is -0.508 e. The van der Waals surface area contributed by atoms with Gasteiger partial charge in [-0.15, -0.1) is 9.79 Å². The van der Waals surface area contributed by atoms with Crippen molar-refractivity contribution in [2.75, 3.05) is 0 Å². The first kappa shape index (κ1) is 19.0. The maximum atomic E-state index is 10.2. The Morgan fingerprint density at radius 1 is 0.720 bits per heavy atom. The second kappa shape index (κ2) is 9.26. The van der Waals surface area contributed by atoms with Crippen LogP contribution in [0.3, 0.4) is 0 Å². The molecule has 3 aromatic rings. The third kappa shape index (κ3) is 5.63. The van der Waals surface area contributed by atoms with Gasteiger partial charge in [0.15, 0.2) is 0 Å². The lowest BCUT2D eigenvalue weighted by molar-refractivity contribution is 0.405. The molecule has 25 heavy (non-hydrogen) atoms. The molecule has 0 fully saturated rings. The van der Waals surface area contributed by atoms with E-state index in [4.69, 9.17) is 14.4 Å².